The third-order valence-electron chi connectivity index (χ3n) is 2.61. The summed E-state index contributed by atoms with van der Waals surface area (Å²) < 4.78 is 0.883. The van der Waals surface area contributed by atoms with Gasteiger partial charge in [0.05, 0.1) is 0 Å². The number of nitrogens with one attached hydrogen (secondary N) is 2. The molecule has 1 aromatic rings. The molecule has 1 unspecified atom stereocenters. The Labute approximate surface area is 120 Å². The Balaban J connectivity index is 2.63. The highest BCUT2D eigenvalue weighted by molar-refractivity contribution is 9.10. The fraction of sp³-hybridized carbons (Fsp3) is 0.385. The third-order valence-corrected chi connectivity index (χ3v) is 3.46. The average Bonchev–Trinajstić information content (AvgIpc) is 2.33. The topological polar surface area (TPSA) is 78.4 Å². The van der Waals surface area contributed by atoms with Gasteiger partial charge in [-0.2, -0.15) is 0 Å². The largest absolute Gasteiger partial charge is 0.480 e. The Morgan fingerprint density at radius 3 is 2.63 bits per heavy atom. The van der Waals surface area contributed by atoms with Crippen molar-refractivity contribution in [3.63, 3.8) is 0 Å². The zero-order valence-electron chi connectivity index (χ0n) is 10.9. The van der Waals surface area contributed by atoms with Crippen LogP contribution >= 0.6 is 15.9 Å². The van der Waals surface area contributed by atoms with E-state index in [0.29, 0.717) is 18.5 Å². The minimum Gasteiger partial charge on any atom is -0.480 e. The second kappa shape index (κ2) is 7.13. The Morgan fingerprint density at radius 1 is 1.42 bits per heavy atom. The lowest BCUT2D eigenvalue weighted by atomic mass is 10.2. The van der Waals surface area contributed by atoms with Gasteiger partial charge >= 0.3 is 12.0 Å². The van der Waals surface area contributed by atoms with Crippen LogP contribution < -0.4 is 10.6 Å². The van der Waals surface area contributed by atoms with Crippen LogP contribution in [0.2, 0.25) is 0 Å². The maximum atomic E-state index is 11.7. The van der Waals surface area contributed by atoms with Crippen molar-refractivity contribution < 1.29 is 14.7 Å². The van der Waals surface area contributed by atoms with E-state index in [0.717, 1.165) is 10.0 Å². The van der Waals surface area contributed by atoms with Gasteiger partial charge in [0.2, 0.25) is 0 Å². The minimum atomic E-state index is -1.03. The highest BCUT2D eigenvalue weighted by Gasteiger charge is 2.18. The summed E-state index contributed by atoms with van der Waals surface area (Å²) in [7, 11) is 0. The lowest BCUT2D eigenvalue weighted by Crippen LogP contribution is -2.42. The molecule has 0 fully saturated rings. The summed E-state index contributed by atoms with van der Waals surface area (Å²) in [5, 5.41) is 14.0. The van der Waals surface area contributed by atoms with E-state index < -0.39 is 18.0 Å². The van der Waals surface area contributed by atoms with Gasteiger partial charge in [-0.05, 0) is 31.0 Å². The first-order valence-electron chi connectivity index (χ1n) is 6.00. The van der Waals surface area contributed by atoms with Gasteiger partial charge in [0, 0.05) is 10.2 Å². The number of carbonyl (C=O) groups excluding carboxylic acids is 1. The summed E-state index contributed by atoms with van der Waals surface area (Å²) in [5.74, 6) is -1.03. The van der Waals surface area contributed by atoms with Crippen molar-refractivity contribution in [1.29, 1.82) is 0 Å². The number of amides is 2. The van der Waals surface area contributed by atoms with Crippen molar-refractivity contribution >= 4 is 33.6 Å². The number of benzene rings is 1. The van der Waals surface area contributed by atoms with Crippen molar-refractivity contribution in [2.75, 3.05) is 5.32 Å². The van der Waals surface area contributed by atoms with Gasteiger partial charge in [0.15, 0.2) is 0 Å². The second-order valence-electron chi connectivity index (χ2n) is 4.24. The Kier molecular flexibility index (Phi) is 5.82. The molecule has 2 amide bonds. The van der Waals surface area contributed by atoms with Gasteiger partial charge in [0.25, 0.3) is 0 Å². The molecule has 1 atom stereocenters. The smallest absolute Gasteiger partial charge is 0.326 e. The molecule has 0 spiro atoms. The number of carboxylic acids is 1. The van der Waals surface area contributed by atoms with E-state index in [4.69, 9.17) is 5.11 Å². The van der Waals surface area contributed by atoms with Crippen LogP contribution in [0, 0.1) is 6.92 Å². The van der Waals surface area contributed by atoms with E-state index in [-0.39, 0.29) is 0 Å². The van der Waals surface area contributed by atoms with Crippen molar-refractivity contribution in [3.05, 3.63) is 28.2 Å². The van der Waals surface area contributed by atoms with E-state index >= 15 is 0 Å². The van der Waals surface area contributed by atoms with E-state index in [1.807, 2.05) is 19.9 Å². The van der Waals surface area contributed by atoms with Crippen LogP contribution in [0.15, 0.2) is 22.7 Å². The monoisotopic (exact) mass is 328 g/mol. The highest BCUT2D eigenvalue weighted by Crippen LogP contribution is 2.20. The summed E-state index contributed by atoms with van der Waals surface area (Å²) in [5.41, 5.74) is 1.66. The molecule has 0 aliphatic carbocycles. The minimum absolute atomic E-state index is 0.403. The number of rotatable bonds is 5. The first-order valence-corrected chi connectivity index (χ1v) is 6.79. The predicted octanol–water partition coefficient (Wildman–Crippen LogP) is 3.13. The average molecular weight is 329 g/mol. The number of anilines is 1. The van der Waals surface area contributed by atoms with Crippen LogP contribution in [0.3, 0.4) is 0 Å². The molecule has 104 valence electrons. The van der Waals surface area contributed by atoms with E-state index in [2.05, 4.69) is 26.6 Å². The molecular weight excluding hydrogens is 312 g/mol. The molecule has 0 aliphatic heterocycles. The summed E-state index contributed by atoms with van der Waals surface area (Å²) in [4.78, 5) is 22.6. The first-order chi connectivity index (χ1) is 8.93. The highest BCUT2D eigenvalue weighted by atomic mass is 79.9. The second-order valence-corrected chi connectivity index (χ2v) is 5.10. The molecule has 0 saturated heterocycles. The summed E-state index contributed by atoms with van der Waals surface area (Å²) in [6.07, 6.45) is 1.09. The fourth-order valence-corrected chi connectivity index (χ4v) is 1.92. The molecule has 0 heterocycles. The van der Waals surface area contributed by atoms with E-state index in [1.54, 1.807) is 12.1 Å². The van der Waals surface area contributed by atoms with Crippen LogP contribution in [-0.4, -0.2) is 23.1 Å². The third kappa shape index (κ3) is 4.90. The van der Waals surface area contributed by atoms with Gasteiger partial charge in [-0.3, -0.25) is 0 Å². The van der Waals surface area contributed by atoms with Crippen molar-refractivity contribution in [3.8, 4) is 0 Å². The zero-order chi connectivity index (χ0) is 14.4. The molecule has 0 saturated carbocycles. The number of urea groups is 1. The van der Waals surface area contributed by atoms with Gasteiger partial charge < -0.3 is 15.7 Å². The van der Waals surface area contributed by atoms with Crippen LogP contribution in [0.25, 0.3) is 0 Å². The quantitative estimate of drug-likeness (QED) is 0.776. The maximum absolute atomic E-state index is 11.7. The molecule has 0 bridgehead atoms. The number of aliphatic carboxylic acids is 1. The molecule has 3 N–H and O–H groups in total. The first kappa shape index (κ1) is 15.5. The number of aryl methyl sites for hydroxylation is 1. The molecule has 1 rings (SSSR count). The molecule has 0 aromatic heterocycles. The zero-order valence-corrected chi connectivity index (χ0v) is 12.5. The number of carboxylic acid groups (broad SMARTS) is 1. The maximum Gasteiger partial charge on any atom is 0.326 e. The van der Waals surface area contributed by atoms with E-state index in [1.165, 1.54) is 0 Å². The summed E-state index contributed by atoms with van der Waals surface area (Å²) in [6, 6.07) is 4.01. The predicted molar refractivity (Wildman–Crippen MR) is 77.4 cm³/mol. The van der Waals surface area contributed by atoms with Crippen molar-refractivity contribution in [1.82, 2.24) is 5.32 Å². The van der Waals surface area contributed by atoms with Gasteiger partial charge in [-0.1, -0.05) is 35.3 Å². The normalized spacial score (nSPS) is 11.7. The molecular formula is C13H17BrN2O3. The molecule has 1 aromatic carbocycles. The lowest BCUT2D eigenvalue weighted by molar-refractivity contribution is -0.139. The van der Waals surface area contributed by atoms with E-state index in [9.17, 15) is 9.59 Å². The lowest BCUT2D eigenvalue weighted by Gasteiger charge is -2.14. The fourth-order valence-electron chi connectivity index (χ4n) is 1.54. The SMILES string of the molecule is CCCC(NC(=O)Nc1ccc(C)c(Br)c1)C(=O)O. The van der Waals surface area contributed by atoms with Gasteiger partial charge in [0.1, 0.15) is 6.04 Å². The Hall–Kier alpha value is -1.56. The van der Waals surface area contributed by atoms with Crippen LogP contribution in [-0.2, 0) is 4.79 Å². The van der Waals surface area contributed by atoms with Crippen LogP contribution in [0.1, 0.15) is 25.3 Å². The van der Waals surface area contributed by atoms with Crippen LogP contribution in [0.4, 0.5) is 10.5 Å². The summed E-state index contributed by atoms with van der Waals surface area (Å²) >= 11 is 3.37. The number of halogens is 1. The molecule has 6 heteroatoms. The number of carbonyl (C=O) groups is 2. The Bertz CT molecular complexity index is 477. The molecule has 19 heavy (non-hydrogen) atoms. The van der Waals surface area contributed by atoms with Gasteiger partial charge in [-0.25, -0.2) is 9.59 Å². The van der Waals surface area contributed by atoms with Crippen molar-refractivity contribution in [2.45, 2.75) is 32.7 Å². The molecule has 0 aliphatic rings. The standard InChI is InChI=1S/C13H17BrN2O3/c1-3-4-11(12(17)18)16-13(19)15-9-6-5-8(2)10(14)7-9/h5-7,11H,3-4H2,1-2H3,(H,17,18)(H2,15,16,19). The summed E-state index contributed by atoms with van der Waals surface area (Å²) in [6.45, 7) is 3.81. The number of hydrogen-bond donors (Lipinski definition) is 3. The van der Waals surface area contributed by atoms with Crippen LogP contribution in [0.5, 0.6) is 0 Å². The number of hydrogen-bond acceptors (Lipinski definition) is 2. The Morgan fingerprint density at radius 2 is 2.11 bits per heavy atom. The van der Waals surface area contributed by atoms with Crippen molar-refractivity contribution in [2.24, 2.45) is 0 Å². The molecule has 5 nitrogen and oxygen atoms in total. The molecule has 0 radical (unpaired) electrons. The van der Waals surface area contributed by atoms with Gasteiger partial charge in [-0.15, -0.1) is 0 Å².